The second kappa shape index (κ2) is 3.02. The Kier molecular flexibility index (Phi) is 2.06. The molecule has 0 bridgehead atoms. The summed E-state index contributed by atoms with van der Waals surface area (Å²) in [5.74, 6) is 0. The molecule has 0 saturated heterocycles. The van der Waals surface area contributed by atoms with E-state index in [1.165, 1.54) is 12.5 Å². The smallest absolute Gasteiger partial charge is 0.0717 e. The molecule has 4 nitrogen and oxygen atoms in total. The molecule has 1 atom stereocenters. The van der Waals surface area contributed by atoms with Gasteiger partial charge in [0.2, 0.25) is 0 Å². The molecule has 1 unspecified atom stereocenters. The third-order valence-electron chi connectivity index (χ3n) is 2.67. The van der Waals surface area contributed by atoms with Crippen LogP contribution in [0, 0.1) is 4.78 Å². The molecule has 0 aromatic carbocycles. The molecule has 0 saturated carbocycles. The molecule has 0 aliphatic heterocycles. The van der Waals surface area contributed by atoms with Crippen molar-refractivity contribution >= 4 is 9.73 Å². The zero-order chi connectivity index (χ0) is 10.3. The van der Waals surface area contributed by atoms with Gasteiger partial charge in [0.25, 0.3) is 0 Å². The average molecular weight is 214 g/mol. The van der Waals surface area contributed by atoms with Crippen LogP contribution in [0.2, 0.25) is 0 Å². The van der Waals surface area contributed by atoms with Gasteiger partial charge in [0.1, 0.15) is 0 Å². The molecule has 78 valence electrons. The van der Waals surface area contributed by atoms with Crippen molar-refractivity contribution in [3.63, 3.8) is 0 Å². The molecular weight excluding hydrogens is 200 g/mol. The van der Waals surface area contributed by atoms with Crippen LogP contribution >= 0.6 is 0 Å². The highest BCUT2D eigenvalue weighted by Gasteiger charge is 2.22. The first-order valence-corrected chi connectivity index (χ1v) is 6.63. The molecule has 5 heteroatoms. The largest absolute Gasteiger partial charge is 0.429 e. The fraction of sp³-hybridized carbons (Fsp3) is 0.556. The Balaban J connectivity index is 2.64. The van der Waals surface area contributed by atoms with Gasteiger partial charge >= 0.3 is 0 Å². The second-order valence-electron chi connectivity index (χ2n) is 3.81. The molecule has 0 fully saturated rings. The van der Waals surface area contributed by atoms with E-state index in [9.17, 15) is 9.42 Å². The van der Waals surface area contributed by atoms with Gasteiger partial charge in [-0.2, -0.15) is 4.73 Å². The zero-order valence-corrected chi connectivity index (χ0v) is 8.93. The van der Waals surface area contributed by atoms with Gasteiger partial charge in [-0.25, -0.2) is 8.99 Å². The van der Waals surface area contributed by atoms with Gasteiger partial charge in [-0.05, 0) is 31.2 Å². The summed E-state index contributed by atoms with van der Waals surface area (Å²) in [4.78, 5) is 0.509. The minimum absolute atomic E-state index is 0.509. The van der Waals surface area contributed by atoms with Gasteiger partial charge in [-0.15, -0.1) is 0 Å². The van der Waals surface area contributed by atoms with Crippen molar-refractivity contribution in [2.45, 2.75) is 30.6 Å². The van der Waals surface area contributed by atoms with E-state index in [2.05, 4.69) is 0 Å². The van der Waals surface area contributed by atoms with Crippen molar-refractivity contribution in [2.75, 3.05) is 6.26 Å². The molecule has 14 heavy (non-hydrogen) atoms. The number of hydrogen-bond donors (Lipinski definition) is 2. The maximum absolute atomic E-state index is 11.6. The van der Waals surface area contributed by atoms with E-state index in [4.69, 9.17) is 4.78 Å². The van der Waals surface area contributed by atoms with E-state index in [0.717, 1.165) is 41.7 Å². The van der Waals surface area contributed by atoms with Crippen LogP contribution in [0.5, 0.6) is 0 Å². The van der Waals surface area contributed by atoms with E-state index in [1.54, 1.807) is 0 Å². The molecule has 0 amide bonds. The molecule has 1 aromatic heterocycles. The van der Waals surface area contributed by atoms with Crippen LogP contribution in [-0.2, 0) is 22.6 Å². The Morgan fingerprint density at radius 2 is 2.14 bits per heavy atom. The lowest BCUT2D eigenvalue weighted by Gasteiger charge is -2.13. The SMILES string of the molecule is CS(=N)(=O)c1cn(O)c2c1CCCC2. The van der Waals surface area contributed by atoms with Crippen LogP contribution in [0.15, 0.2) is 11.1 Å². The quantitative estimate of drug-likeness (QED) is 0.698. The molecular formula is C9H14N2O2S. The van der Waals surface area contributed by atoms with Crippen LogP contribution < -0.4 is 0 Å². The predicted molar refractivity (Wildman–Crippen MR) is 53.3 cm³/mol. The number of fused-ring (bicyclic) bond motifs is 1. The molecule has 1 aliphatic rings. The lowest BCUT2D eigenvalue weighted by molar-refractivity contribution is 0.175. The molecule has 1 aromatic rings. The summed E-state index contributed by atoms with van der Waals surface area (Å²) < 4.78 is 20.2. The Hall–Kier alpha value is -0.970. The molecule has 1 heterocycles. The Labute approximate surface area is 83.5 Å². The van der Waals surface area contributed by atoms with Crippen molar-refractivity contribution in [3.05, 3.63) is 17.5 Å². The van der Waals surface area contributed by atoms with Crippen LogP contribution in [0.25, 0.3) is 0 Å². The third-order valence-corrected chi connectivity index (χ3v) is 3.86. The summed E-state index contributed by atoms with van der Waals surface area (Å²) in [6, 6.07) is 0. The standard InChI is InChI=1S/C9H14N2O2S/c1-14(10,13)9-6-11(12)8-5-3-2-4-7(8)9/h6,10,12H,2-5H2,1H3. The number of hydrogen-bond acceptors (Lipinski definition) is 3. The van der Waals surface area contributed by atoms with E-state index in [0.29, 0.717) is 4.90 Å². The Bertz CT molecular complexity index is 459. The number of aromatic nitrogens is 1. The summed E-state index contributed by atoms with van der Waals surface area (Å²) in [5, 5.41) is 9.55. The summed E-state index contributed by atoms with van der Waals surface area (Å²) in [6.07, 6.45) is 6.60. The molecule has 2 N–H and O–H groups in total. The van der Waals surface area contributed by atoms with Crippen LogP contribution in [0.3, 0.4) is 0 Å². The minimum Gasteiger partial charge on any atom is -0.429 e. The topological polar surface area (TPSA) is 66.1 Å². The fourth-order valence-electron chi connectivity index (χ4n) is 2.01. The first-order valence-electron chi connectivity index (χ1n) is 4.66. The number of rotatable bonds is 1. The lowest BCUT2D eigenvalue weighted by atomic mass is 9.98. The van der Waals surface area contributed by atoms with Crippen LogP contribution in [0.4, 0.5) is 0 Å². The normalized spacial score (nSPS) is 20.1. The summed E-state index contributed by atoms with van der Waals surface area (Å²) >= 11 is 0. The molecule has 0 radical (unpaired) electrons. The van der Waals surface area contributed by atoms with E-state index < -0.39 is 9.73 Å². The fourth-order valence-corrected chi connectivity index (χ4v) is 3.00. The van der Waals surface area contributed by atoms with Gasteiger partial charge in [0, 0.05) is 6.26 Å². The Morgan fingerprint density at radius 3 is 2.79 bits per heavy atom. The highest BCUT2D eigenvalue weighted by atomic mass is 32.2. The highest BCUT2D eigenvalue weighted by Crippen LogP contribution is 2.28. The minimum atomic E-state index is -2.70. The second-order valence-corrected chi connectivity index (χ2v) is 5.94. The zero-order valence-electron chi connectivity index (χ0n) is 8.12. The van der Waals surface area contributed by atoms with Crippen molar-refractivity contribution in [1.29, 1.82) is 4.78 Å². The van der Waals surface area contributed by atoms with Gasteiger partial charge in [0.15, 0.2) is 0 Å². The Morgan fingerprint density at radius 1 is 1.50 bits per heavy atom. The van der Waals surface area contributed by atoms with E-state index >= 15 is 0 Å². The van der Waals surface area contributed by atoms with Gasteiger partial charge in [0.05, 0.1) is 26.5 Å². The van der Waals surface area contributed by atoms with E-state index in [-0.39, 0.29) is 0 Å². The molecule has 1 aliphatic carbocycles. The number of nitrogens with zero attached hydrogens (tertiary/aromatic N) is 1. The maximum Gasteiger partial charge on any atom is 0.0717 e. The summed E-state index contributed by atoms with van der Waals surface area (Å²) in [7, 11) is -2.70. The van der Waals surface area contributed by atoms with Crippen LogP contribution in [-0.4, -0.2) is 20.4 Å². The maximum atomic E-state index is 11.6. The number of nitrogens with one attached hydrogen (secondary N) is 1. The first kappa shape index (κ1) is 9.58. The molecule has 0 spiro atoms. The summed E-state index contributed by atoms with van der Waals surface area (Å²) in [5.41, 5.74) is 1.77. The predicted octanol–water partition coefficient (Wildman–Crippen LogP) is 1.64. The van der Waals surface area contributed by atoms with Gasteiger partial charge in [-0.1, -0.05) is 0 Å². The highest BCUT2D eigenvalue weighted by molar-refractivity contribution is 7.91. The van der Waals surface area contributed by atoms with Crippen LogP contribution in [0.1, 0.15) is 24.1 Å². The lowest BCUT2D eigenvalue weighted by Crippen LogP contribution is -2.07. The van der Waals surface area contributed by atoms with Crippen molar-refractivity contribution in [1.82, 2.24) is 4.73 Å². The van der Waals surface area contributed by atoms with E-state index in [1.807, 2.05) is 0 Å². The first-order chi connectivity index (χ1) is 6.50. The summed E-state index contributed by atoms with van der Waals surface area (Å²) in [6.45, 7) is 0. The van der Waals surface area contributed by atoms with Crippen molar-refractivity contribution < 1.29 is 9.42 Å². The van der Waals surface area contributed by atoms with Gasteiger partial charge < -0.3 is 5.21 Å². The average Bonchev–Trinajstić information content (AvgIpc) is 2.44. The van der Waals surface area contributed by atoms with Crippen molar-refractivity contribution in [2.24, 2.45) is 0 Å². The third kappa shape index (κ3) is 1.41. The van der Waals surface area contributed by atoms with Gasteiger partial charge in [-0.3, -0.25) is 0 Å². The van der Waals surface area contributed by atoms with Crippen molar-refractivity contribution in [3.8, 4) is 0 Å². The monoisotopic (exact) mass is 214 g/mol. The molecule has 2 rings (SSSR count).